The third-order valence-electron chi connectivity index (χ3n) is 2.17. The Bertz CT molecular complexity index is 482. The Balaban J connectivity index is 2.41. The summed E-state index contributed by atoms with van der Waals surface area (Å²) in [5.41, 5.74) is 0. The van der Waals surface area contributed by atoms with Gasteiger partial charge in [-0.3, -0.25) is 0 Å². The summed E-state index contributed by atoms with van der Waals surface area (Å²) < 4.78 is 1.04. The van der Waals surface area contributed by atoms with Gasteiger partial charge in [-0.1, -0.05) is 18.2 Å². The van der Waals surface area contributed by atoms with E-state index >= 15 is 0 Å². The Morgan fingerprint density at radius 2 is 2.00 bits per heavy atom. The van der Waals surface area contributed by atoms with E-state index in [0.717, 1.165) is 10.1 Å². The predicted octanol–water partition coefficient (Wildman–Crippen LogP) is 1.82. The standard InChI is InChI=1S/C11H9NO2S/c12-6-8(13)11(14)10-5-7-3-1-2-4-9(7)15-10/h1-5,8,11,13-14H. The number of thiophene rings is 1. The van der Waals surface area contributed by atoms with Gasteiger partial charge >= 0.3 is 0 Å². The molecule has 0 saturated carbocycles. The van der Waals surface area contributed by atoms with Gasteiger partial charge in [0, 0.05) is 9.58 Å². The molecule has 2 aromatic rings. The van der Waals surface area contributed by atoms with Crippen LogP contribution in [0.5, 0.6) is 0 Å². The molecule has 0 aliphatic heterocycles. The number of benzene rings is 1. The van der Waals surface area contributed by atoms with Gasteiger partial charge in [-0.2, -0.15) is 5.26 Å². The minimum absolute atomic E-state index is 0.616. The van der Waals surface area contributed by atoms with Crippen LogP contribution in [-0.2, 0) is 0 Å². The zero-order chi connectivity index (χ0) is 10.8. The van der Waals surface area contributed by atoms with E-state index in [2.05, 4.69) is 0 Å². The molecule has 0 saturated heterocycles. The molecule has 0 amide bonds. The van der Waals surface area contributed by atoms with Crippen LogP contribution in [0.25, 0.3) is 10.1 Å². The number of nitriles is 1. The van der Waals surface area contributed by atoms with Crippen molar-refractivity contribution in [3.8, 4) is 6.07 Å². The molecular weight excluding hydrogens is 210 g/mol. The van der Waals surface area contributed by atoms with Crippen molar-refractivity contribution in [2.45, 2.75) is 12.2 Å². The summed E-state index contributed by atoms with van der Waals surface area (Å²) in [4.78, 5) is 0.616. The first kappa shape index (κ1) is 10.1. The number of hydrogen-bond donors (Lipinski definition) is 2. The lowest BCUT2D eigenvalue weighted by atomic mass is 10.1. The largest absolute Gasteiger partial charge is 0.384 e. The van der Waals surface area contributed by atoms with Gasteiger partial charge in [0.2, 0.25) is 0 Å². The van der Waals surface area contributed by atoms with Gasteiger partial charge in [0.1, 0.15) is 6.10 Å². The number of aliphatic hydroxyl groups is 2. The Kier molecular flexibility index (Phi) is 2.69. The zero-order valence-electron chi connectivity index (χ0n) is 7.79. The van der Waals surface area contributed by atoms with Crippen LogP contribution in [0.1, 0.15) is 11.0 Å². The van der Waals surface area contributed by atoms with Crippen LogP contribution in [-0.4, -0.2) is 16.3 Å². The zero-order valence-corrected chi connectivity index (χ0v) is 8.61. The van der Waals surface area contributed by atoms with Crippen molar-refractivity contribution >= 4 is 21.4 Å². The van der Waals surface area contributed by atoms with Crippen LogP contribution in [0.4, 0.5) is 0 Å². The minimum atomic E-state index is -1.36. The molecule has 0 aliphatic carbocycles. The minimum Gasteiger partial charge on any atom is -0.384 e. The maximum Gasteiger partial charge on any atom is 0.171 e. The molecule has 2 N–H and O–H groups in total. The first-order valence-corrected chi connectivity index (χ1v) is 5.28. The van der Waals surface area contributed by atoms with Crippen molar-refractivity contribution in [2.24, 2.45) is 0 Å². The van der Waals surface area contributed by atoms with Crippen LogP contribution in [0.15, 0.2) is 30.3 Å². The second-order valence-corrected chi connectivity index (χ2v) is 4.32. The van der Waals surface area contributed by atoms with Gasteiger partial charge in [-0.05, 0) is 17.5 Å². The normalized spacial score (nSPS) is 14.7. The maximum absolute atomic E-state index is 9.63. The monoisotopic (exact) mass is 219 g/mol. The Hall–Kier alpha value is -1.41. The Morgan fingerprint density at radius 3 is 2.67 bits per heavy atom. The highest BCUT2D eigenvalue weighted by Crippen LogP contribution is 2.30. The lowest BCUT2D eigenvalue weighted by Gasteiger charge is -2.07. The summed E-state index contributed by atoms with van der Waals surface area (Å²) in [6, 6.07) is 11.1. The first-order chi connectivity index (χ1) is 7.22. The van der Waals surface area contributed by atoms with Crippen LogP contribution in [0.2, 0.25) is 0 Å². The molecule has 2 atom stereocenters. The fourth-order valence-corrected chi connectivity index (χ4v) is 2.46. The van der Waals surface area contributed by atoms with Crippen LogP contribution in [0, 0.1) is 11.3 Å². The molecule has 0 spiro atoms. The summed E-state index contributed by atoms with van der Waals surface area (Å²) in [6.45, 7) is 0. The van der Waals surface area contributed by atoms with Gasteiger partial charge in [0.05, 0.1) is 6.07 Å². The summed E-state index contributed by atoms with van der Waals surface area (Å²) in [5.74, 6) is 0. The summed E-state index contributed by atoms with van der Waals surface area (Å²) >= 11 is 1.39. The molecule has 4 heteroatoms. The molecule has 3 nitrogen and oxygen atoms in total. The molecule has 1 heterocycles. The molecular formula is C11H9NO2S. The fraction of sp³-hybridized carbons (Fsp3) is 0.182. The first-order valence-electron chi connectivity index (χ1n) is 4.46. The van der Waals surface area contributed by atoms with E-state index in [4.69, 9.17) is 5.26 Å². The third kappa shape index (κ3) is 1.85. The molecule has 0 aliphatic rings. The van der Waals surface area contributed by atoms with E-state index in [9.17, 15) is 10.2 Å². The number of nitrogens with zero attached hydrogens (tertiary/aromatic N) is 1. The molecule has 76 valence electrons. The van der Waals surface area contributed by atoms with Crippen molar-refractivity contribution in [1.82, 2.24) is 0 Å². The summed E-state index contributed by atoms with van der Waals surface area (Å²) in [6.07, 6.45) is -2.48. The topological polar surface area (TPSA) is 64.2 Å². The van der Waals surface area contributed by atoms with Crippen molar-refractivity contribution in [3.05, 3.63) is 35.2 Å². The van der Waals surface area contributed by atoms with Gasteiger partial charge in [0.25, 0.3) is 0 Å². The molecule has 0 fully saturated rings. The van der Waals surface area contributed by atoms with Crippen LogP contribution in [0.3, 0.4) is 0 Å². The van der Waals surface area contributed by atoms with E-state index in [1.165, 1.54) is 11.3 Å². The molecule has 2 rings (SSSR count). The van der Waals surface area contributed by atoms with Gasteiger partial charge < -0.3 is 10.2 Å². The smallest absolute Gasteiger partial charge is 0.171 e. The Labute approximate surface area is 90.8 Å². The van der Waals surface area contributed by atoms with Crippen LogP contribution >= 0.6 is 11.3 Å². The molecule has 1 aromatic carbocycles. The van der Waals surface area contributed by atoms with E-state index in [0.29, 0.717) is 4.88 Å². The van der Waals surface area contributed by atoms with E-state index in [1.807, 2.05) is 24.3 Å². The highest BCUT2D eigenvalue weighted by Gasteiger charge is 2.19. The average molecular weight is 219 g/mol. The van der Waals surface area contributed by atoms with Crippen molar-refractivity contribution < 1.29 is 10.2 Å². The highest BCUT2D eigenvalue weighted by atomic mass is 32.1. The third-order valence-corrected chi connectivity index (χ3v) is 3.35. The van der Waals surface area contributed by atoms with E-state index in [-0.39, 0.29) is 0 Å². The van der Waals surface area contributed by atoms with Crippen molar-refractivity contribution in [3.63, 3.8) is 0 Å². The number of hydrogen-bond acceptors (Lipinski definition) is 4. The molecule has 15 heavy (non-hydrogen) atoms. The van der Waals surface area contributed by atoms with Crippen LogP contribution < -0.4 is 0 Å². The lowest BCUT2D eigenvalue weighted by Crippen LogP contribution is -2.14. The summed E-state index contributed by atoms with van der Waals surface area (Å²) in [7, 11) is 0. The molecule has 0 bridgehead atoms. The SMILES string of the molecule is N#CC(O)C(O)c1cc2ccccc2s1. The quantitative estimate of drug-likeness (QED) is 0.757. The van der Waals surface area contributed by atoms with E-state index < -0.39 is 12.2 Å². The maximum atomic E-state index is 9.63. The van der Waals surface area contributed by atoms with E-state index in [1.54, 1.807) is 12.1 Å². The molecule has 2 unspecified atom stereocenters. The Morgan fingerprint density at radius 1 is 1.27 bits per heavy atom. The van der Waals surface area contributed by atoms with Gasteiger partial charge in [-0.15, -0.1) is 11.3 Å². The molecule has 1 aromatic heterocycles. The number of fused-ring (bicyclic) bond motifs is 1. The molecule has 0 radical (unpaired) electrons. The van der Waals surface area contributed by atoms with Gasteiger partial charge in [-0.25, -0.2) is 0 Å². The lowest BCUT2D eigenvalue weighted by molar-refractivity contribution is 0.0553. The van der Waals surface area contributed by atoms with Crippen molar-refractivity contribution in [2.75, 3.05) is 0 Å². The summed E-state index contributed by atoms with van der Waals surface area (Å²) in [5, 5.41) is 28.3. The predicted molar refractivity (Wildman–Crippen MR) is 58.4 cm³/mol. The number of rotatable bonds is 2. The highest BCUT2D eigenvalue weighted by molar-refractivity contribution is 7.19. The second kappa shape index (κ2) is 3.99. The second-order valence-electron chi connectivity index (χ2n) is 3.21. The number of aliphatic hydroxyl groups excluding tert-OH is 2. The van der Waals surface area contributed by atoms with Gasteiger partial charge in [0.15, 0.2) is 6.10 Å². The average Bonchev–Trinajstić information content (AvgIpc) is 2.70. The fourth-order valence-electron chi connectivity index (χ4n) is 1.37. The van der Waals surface area contributed by atoms with Crippen molar-refractivity contribution in [1.29, 1.82) is 5.26 Å².